The Morgan fingerprint density at radius 1 is 1.38 bits per heavy atom. The molecule has 4 nitrogen and oxygen atoms in total. The van der Waals surface area contributed by atoms with Crippen molar-refractivity contribution < 1.29 is 0 Å². The van der Waals surface area contributed by atoms with Gasteiger partial charge in [-0.1, -0.05) is 19.1 Å². The smallest absolute Gasteiger partial charge is 0.191 e. The molecule has 1 aromatic rings. The number of likely N-dealkylation sites (tertiary alicyclic amines) is 1. The first-order valence-corrected chi connectivity index (χ1v) is 10.2. The third kappa shape index (κ3) is 5.71. The molecule has 1 aromatic carbocycles. The molecule has 0 bridgehead atoms. The molecule has 0 saturated carbocycles. The van der Waals surface area contributed by atoms with Crippen LogP contribution in [0.1, 0.15) is 30.9 Å². The van der Waals surface area contributed by atoms with Crippen LogP contribution >= 0.6 is 11.8 Å². The van der Waals surface area contributed by atoms with Crippen molar-refractivity contribution in [2.24, 2.45) is 10.9 Å². The first-order valence-electron chi connectivity index (χ1n) is 8.96. The van der Waals surface area contributed by atoms with Gasteiger partial charge >= 0.3 is 0 Å². The van der Waals surface area contributed by atoms with Crippen molar-refractivity contribution in [1.82, 2.24) is 15.5 Å². The van der Waals surface area contributed by atoms with Crippen LogP contribution in [-0.2, 0) is 6.54 Å². The quantitative estimate of drug-likeness (QED) is 0.451. The molecule has 2 rings (SSSR count). The van der Waals surface area contributed by atoms with Crippen molar-refractivity contribution in [3.05, 3.63) is 29.3 Å². The predicted octanol–water partition coefficient (Wildman–Crippen LogP) is 3.11. The van der Waals surface area contributed by atoms with Crippen LogP contribution in [0.5, 0.6) is 0 Å². The van der Waals surface area contributed by atoms with Crippen molar-refractivity contribution in [2.75, 3.05) is 39.5 Å². The minimum atomic E-state index is 0.733. The van der Waals surface area contributed by atoms with Gasteiger partial charge in [-0.15, -0.1) is 11.8 Å². The molecule has 2 N–H and O–H groups in total. The van der Waals surface area contributed by atoms with Crippen LogP contribution in [0, 0.1) is 12.8 Å². The molecule has 1 atom stereocenters. The van der Waals surface area contributed by atoms with E-state index in [2.05, 4.69) is 58.8 Å². The molecule has 5 heteroatoms. The second-order valence-corrected chi connectivity index (χ2v) is 7.43. The second kappa shape index (κ2) is 9.94. The zero-order valence-corrected chi connectivity index (χ0v) is 16.4. The summed E-state index contributed by atoms with van der Waals surface area (Å²) >= 11 is 1.80. The van der Waals surface area contributed by atoms with Crippen molar-refractivity contribution in [3.63, 3.8) is 0 Å². The monoisotopic (exact) mass is 348 g/mol. The highest BCUT2D eigenvalue weighted by molar-refractivity contribution is 7.98. The van der Waals surface area contributed by atoms with E-state index in [1.807, 2.05) is 7.05 Å². The lowest BCUT2D eigenvalue weighted by Crippen LogP contribution is -2.40. The van der Waals surface area contributed by atoms with Crippen molar-refractivity contribution in [1.29, 1.82) is 0 Å². The molecular weight excluding hydrogens is 316 g/mol. The molecule has 24 heavy (non-hydrogen) atoms. The van der Waals surface area contributed by atoms with Gasteiger partial charge in [0.2, 0.25) is 0 Å². The molecule has 0 amide bonds. The summed E-state index contributed by atoms with van der Waals surface area (Å²) in [5.41, 5.74) is 2.63. The van der Waals surface area contributed by atoms with Crippen LogP contribution in [0.15, 0.2) is 28.1 Å². The van der Waals surface area contributed by atoms with Gasteiger partial charge in [0.1, 0.15) is 0 Å². The van der Waals surface area contributed by atoms with Crippen LogP contribution in [0.4, 0.5) is 0 Å². The number of nitrogens with one attached hydrogen (secondary N) is 2. The van der Waals surface area contributed by atoms with Gasteiger partial charge in [-0.05, 0) is 62.2 Å². The average Bonchev–Trinajstić information content (AvgIpc) is 3.03. The number of rotatable bonds is 7. The molecular formula is C19H32N4S. The lowest BCUT2D eigenvalue weighted by Gasteiger charge is -2.17. The standard InChI is InChI=1S/C19H32N4S/c1-5-9-23-10-8-16(14-23)12-21-19(20-3)22-13-17-7-6-15(2)11-18(17)24-4/h6-7,11,16H,5,8-10,12-14H2,1-4H3,(H2,20,21,22). The van der Waals surface area contributed by atoms with E-state index in [-0.39, 0.29) is 0 Å². The zero-order valence-electron chi connectivity index (χ0n) is 15.6. The van der Waals surface area contributed by atoms with Gasteiger partial charge in [0.15, 0.2) is 5.96 Å². The molecule has 1 saturated heterocycles. The summed E-state index contributed by atoms with van der Waals surface area (Å²) in [6.45, 7) is 9.89. The summed E-state index contributed by atoms with van der Waals surface area (Å²) in [4.78, 5) is 8.27. The number of aliphatic imine (C=N–C) groups is 1. The normalized spacial score (nSPS) is 18.8. The summed E-state index contributed by atoms with van der Waals surface area (Å²) in [5, 5.41) is 6.95. The van der Waals surface area contributed by atoms with E-state index in [9.17, 15) is 0 Å². The lowest BCUT2D eigenvalue weighted by atomic mass is 10.1. The highest BCUT2D eigenvalue weighted by atomic mass is 32.2. The van der Waals surface area contributed by atoms with E-state index in [1.165, 1.54) is 48.5 Å². The van der Waals surface area contributed by atoms with E-state index < -0.39 is 0 Å². The number of hydrogen-bond donors (Lipinski definition) is 2. The van der Waals surface area contributed by atoms with Gasteiger partial charge in [-0.3, -0.25) is 4.99 Å². The summed E-state index contributed by atoms with van der Waals surface area (Å²) < 4.78 is 0. The maximum absolute atomic E-state index is 4.37. The Hall–Kier alpha value is -1.20. The number of guanidine groups is 1. The summed E-state index contributed by atoms with van der Waals surface area (Å²) in [7, 11) is 1.85. The number of aryl methyl sites for hydroxylation is 1. The Balaban J connectivity index is 1.79. The van der Waals surface area contributed by atoms with Gasteiger partial charge in [-0.2, -0.15) is 0 Å². The maximum Gasteiger partial charge on any atom is 0.191 e. The average molecular weight is 349 g/mol. The number of benzene rings is 1. The zero-order chi connectivity index (χ0) is 17.4. The Bertz CT molecular complexity index is 544. The van der Waals surface area contributed by atoms with Crippen molar-refractivity contribution >= 4 is 17.7 Å². The highest BCUT2D eigenvalue weighted by Crippen LogP contribution is 2.21. The fourth-order valence-electron chi connectivity index (χ4n) is 3.24. The Morgan fingerprint density at radius 2 is 2.21 bits per heavy atom. The third-order valence-corrected chi connectivity index (χ3v) is 5.40. The van der Waals surface area contributed by atoms with E-state index >= 15 is 0 Å². The fraction of sp³-hybridized carbons (Fsp3) is 0.632. The minimum absolute atomic E-state index is 0.733. The SMILES string of the molecule is CCCN1CCC(CNC(=NC)NCc2ccc(C)cc2SC)C1. The predicted molar refractivity (Wildman–Crippen MR) is 106 cm³/mol. The van der Waals surface area contributed by atoms with Crippen LogP contribution in [0.3, 0.4) is 0 Å². The summed E-state index contributed by atoms with van der Waals surface area (Å²) in [6.07, 6.45) is 4.67. The molecule has 1 aliphatic rings. The van der Waals surface area contributed by atoms with E-state index in [4.69, 9.17) is 0 Å². The highest BCUT2D eigenvalue weighted by Gasteiger charge is 2.21. The Kier molecular flexibility index (Phi) is 7.92. The Labute approximate surface area is 151 Å². The molecule has 0 aliphatic carbocycles. The molecule has 1 unspecified atom stereocenters. The molecule has 1 fully saturated rings. The fourth-order valence-corrected chi connectivity index (χ4v) is 3.94. The number of hydrogen-bond acceptors (Lipinski definition) is 3. The first-order chi connectivity index (χ1) is 11.7. The lowest BCUT2D eigenvalue weighted by molar-refractivity contribution is 0.324. The van der Waals surface area contributed by atoms with Gasteiger partial charge in [0.25, 0.3) is 0 Å². The largest absolute Gasteiger partial charge is 0.356 e. The minimum Gasteiger partial charge on any atom is -0.356 e. The third-order valence-electron chi connectivity index (χ3n) is 4.58. The number of thioether (sulfide) groups is 1. The van der Waals surface area contributed by atoms with E-state index in [0.29, 0.717) is 0 Å². The Morgan fingerprint density at radius 3 is 2.92 bits per heavy atom. The second-order valence-electron chi connectivity index (χ2n) is 6.58. The molecule has 0 radical (unpaired) electrons. The van der Waals surface area contributed by atoms with Gasteiger partial charge in [-0.25, -0.2) is 0 Å². The van der Waals surface area contributed by atoms with Crippen LogP contribution < -0.4 is 10.6 Å². The van der Waals surface area contributed by atoms with Crippen LogP contribution in [0.25, 0.3) is 0 Å². The van der Waals surface area contributed by atoms with Gasteiger partial charge < -0.3 is 15.5 Å². The molecule has 0 spiro atoms. The summed E-state index contributed by atoms with van der Waals surface area (Å²) in [5.74, 6) is 1.63. The van der Waals surface area contributed by atoms with Gasteiger partial charge in [0.05, 0.1) is 0 Å². The maximum atomic E-state index is 4.37. The first kappa shape index (κ1) is 19.1. The molecule has 1 heterocycles. The van der Waals surface area contributed by atoms with E-state index in [1.54, 1.807) is 11.8 Å². The summed E-state index contributed by atoms with van der Waals surface area (Å²) in [6, 6.07) is 6.63. The molecule has 134 valence electrons. The van der Waals surface area contributed by atoms with Gasteiger partial charge in [0, 0.05) is 31.6 Å². The molecule has 0 aromatic heterocycles. The van der Waals surface area contributed by atoms with Crippen molar-refractivity contribution in [3.8, 4) is 0 Å². The van der Waals surface area contributed by atoms with Crippen molar-refractivity contribution in [2.45, 2.75) is 38.1 Å². The topological polar surface area (TPSA) is 39.7 Å². The molecule has 1 aliphatic heterocycles. The van der Waals surface area contributed by atoms with E-state index in [0.717, 1.165) is 25.0 Å². The number of nitrogens with zero attached hydrogens (tertiary/aromatic N) is 2. The van der Waals surface area contributed by atoms with Crippen LogP contribution in [-0.4, -0.2) is 50.3 Å². The van der Waals surface area contributed by atoms with Crippen LogP contribution in [0.2, 0.25) is 0 Å².